The van der Waals surface area contributed by atoms with Crippen molar-refractivity contribution in [3.63, 3.8) is 0 Å². The molecule has 0 bridgehead atoms. The Morgan fingerprint density at radius 3 is 2.47 bits per heavy atom. The van der Waals surface area contributed by atoms with Gasteiger partial charge in [-0.15, -0.1) is 0 Å². The van der Waals surface area contributed by atoms with Crippen LogP contribution in [0.2, 0.25) is 0 Å². The smallest absolute Gasteiger partial charge is 0.119 e. The fourth-order valence-electron chi connectivity index (χ4n) is 1.71. The Balaban J connectivity index is 2.48. The predicted molar refractivity (Wildman–Crippen MR) is 64.4 cm³/mol. The van der Waals surface area contributed by atoms with E-state index < -0.39 is 0 Å². The molecule has 0 aliphatic heterocycles. The largest absolute Gasteiger partial charge is 0.494 e. The van der Waals surface area contributed by atoms with Crippen molar-refractivity contribution in [2.45, 2.75) is 20.3 Å². The number of nitrogens with one attached hydrogen (secondary N) is 1. The molecule has 15 heavy (non-hydrogen) atoms. The van der Waals surface area contributed by atoms with E-state index in [0.717, 1.165) is 25.3 Å². The van der Waals surface area contributed by atoms with Gasteiger partial charge < -0.3 is 10.1 Å². The van der Waals surface area contributed by atoms with Crippen molar-refractivity contribution >= 4 is 0 Å². The first-order chi connectivity index (χ1) is 7.26. The van der Waals surface area contributed by atoms with E-state index in [-0.39, 0.29) is 0 Å². The van der Waals surface area contributed by atoms with E-state index >= 15 is 0 Å². The van der Waals surface area contributed by atoms with Crippen molar-refractivity contribution in [1.82, 2.24) is 5.32 Å². The van der Waals surface area contributed by atoms with Gasteiger partial charge >= 0.3 is 0 Å². The molecule has 0 aliphatic carbocycles. The Morgan fingerprint density at radius 2 is 1.93 bits per heavy atom. The normalized spacial score (nSPS) is 12.5. The van der Waals surface area contributed by atoms with Gasteiger partial charge in [0.1, 0.15) is 5.75 Å². The van der Waals surface area contributed by atoms with Crippen molar-refractivity contribution in [3.05, 3.63) is 29.8 Å². The summed E-state index contributed by atoms with van der Waals surface area (Å²) in [5.74, 6) is 1.63. The number of ether oxygens (including phenoxy) is 1. The molecule has 0 radical (unpaired) electrons. The second kappa shape index (κ2) is 6.46. The summed E-state index contributed by atoms with van der Waals surface area (Å²) < 4.78 is 5.40. The molecule has 2 nitrogen and oxygen atoms in total. The molecular formula is C13H21NO. The second-order valence-electron chi connectivity index (χ2n) is 3.94. The van der Waals surface area contributed by atoms with E-state index in [2.05, 4.69) is 24.4 Å². The molecule has 1 aromatic rings. The molecule has 1 N–H and O–H groups in total. The van der Waals surface area contributed by atoms with Crippen molar-refractivity contribution in [2.75, 3.05) is 20.2 Å². The molecule has 84 valence electrons. The number of hydrogen-bond donors (Lipinski definition) is 1. The van der Waals surface area contributed by atoms with Crippen LogP contribution in [0.3, 0.4) is 0 Å². The van der Waals surface area contributed by atoms with Crippen LogP contribution < -0.4 is 10.1 Å². The third kappa shape index (κ3) is 4.34. The van der Waals surface area contributed by atoms with Gasteiger partial charge in [0, 0.05) is 0 Å². The van der Waals surface area contributed by atoms with Crippen LogP contribution in [-0.2, 0) is 6.42 Å². The quantitative estimate of drug-likeness (QED) is 0.773. The lowest BCUT2D eigenvalue weighted by atomic mass is 10.0. The van der Waals surface area contributed by atoms with Gasteiger partial charge in [-0.1, -0.05) is 19.1 Å². The van der Waals surface area contributed by atoms with E-state index in [1.54, 1.807) is 0 Å². The Bertz CT molecular complexity index is 268. The Kier molecular flexibility index (Phi) is 5.19. The lowest BCUT2D eigenvalue weighted by Gasteiger charge is -2.11. The number of hydrogen-bond acceptors (Lipinski definition) is 2. The zero-order valence-electron chi connectivity index (χ0n) is 9.92. The summed E-state index contributed by atoms with van der Waals surface area (Å²) in [6.07, 6.45) is 1.12. The van der Waals surface area contributed by atoms with E-state index in [1.165, 1.54) is 5.56 Å². The fraction of sp³-hybridized carbons (Fsp3) is 0.538. The molecule has 0 saturated heterocycles. The molecule has 0 spiro atoms. The van der Waals surface area contributed by atoms with Crippen molar-refractivity contribution in [2.24, 2.45) is 5.92 Å². The van der Waals surface area contributed by atoms with Crippen LogP contribution in [0, 0.1) is 5.92 Å². The van der Waals surface area contributed by atoms with E-state index in [1.807, 2.05) is 26.1 Å². The predicted octanol–water partition coefficient (Wildman–Crippen LogP) is 2.48. The van der Waals surface area contributed by atoms with Crippen molar-refractivity contribution in [3.8, 4) is 5.75 Å². The highest BCUT2D eigenvalue weighted by molar-refractivity contribution is 5.27. The highest BCUT2D eigenvalue weighted by Crippen LogP contribution is 2.14. The Morgan fingerprint density at radius 1 is 1.27 bits per heavy atom. The third-order valence-corrected chi connectivity index (χ3v) is 2.37. The van der Waals surface area contributed by atoms with Gasteiger partial charge in [-0.05, 0) is 50.6 Å². The minimum absolute atomic E-state index is 0.674. The zero-order valence-corrected chi connectivity index (χ0v) is 9.92. The molecule has 1 rings (SSSR count). The van der Waals surface area contributed by atoms with Crippen LogP contribution >= 0.6 is 0 Å². The lowest BCUT2D eigenvalue weighted by Crippen LogP contribution is -2.17. The molecule has 0 amide bonds. The fourth-order valence-corrected chi connectivity index (χ4v) is 1.71. The molecule has 0 aliphatic rings. The number of rotatable bonds is 6. The summed E-state index contributed by atoms with van der Waals surface area (Å²) >= 11 is 0. The second-order valence-corrected chi connectivity index (χ2v) is 3.94. The zero-order chi connectivity index (χ0) is 11.1. The van der Waals surface area contributed by atoms with Crippen LogP contribution in [0.25, 0.3) is 0 Å². The van der Waals surface area contributed by atoms with Gasteiger partial charge in [0.05, 0.1) is 6.61 Å². The van der Waals surface area contributed by atoms with Gasteiger partial charge in [-0.25, -0.2) is 0 Å². The van der Waals surface area contributed by atoms with E-state index in [9.17, 15) is 0 Å². The monoisotopic (exact) mass is 207 g/mol. The van der Waals surface area contributed by atoms with Gasteiger partial charge in [-0.3, -0.25) is 0 Å². The first-order valence-electron chi connectivity index (χ1n) is 5.62. The van der Waals surface area contributed by atoms with E-state index in [0.29, 0.717) is 5.92 Å². The molecule has 2 heteroatoms. The maximum absolute atomic E-state index is 5.40. The summed E-state index contributed by atoms with van der Waals surface area (Å²) in [7, 11) is 1.99. The summed E-state index contributed by atoms with van der Waals surface area (Å²) in [6, 6.07) is 8.39. The summed E-state index contributed by atoms with van der Waals surface area (Å²) in [4.78, 5) is 0. The summed E-state index contributed by atoms with van der Waals surface area (Å²) in [6.45, 7) is 6.05. The molecule has 1 atom stereocenters. The van der Waals surface area contributed by atoms with Crippen LogP contribution in [0.15, 0.2) is 24.3 Å². The summed E-state index contributed by atoms with van der Waals surface area (Å²) in [5, 5.41) is 3.19. The minimum Gasteiger partial charge on any atom is -0.494 e. The first kappa shape index (κ1) is 12.1. The van der Waals surface area contributed by atoms with Gasteiger partial charge in [0.25, 0.3) is 0 Å². The van der Waals surface area contributed by atoms with E-state index in [4.69, 9.17) is 4.74 Å². The first-order valence-corrected chi connectivity index (χ1v) is 5.62. The molecule has 0 saturated carbocycles. The molecule has 0 heterocycles. The maximum Gasteiger partial charge on any atom is 0.119 e. The standard InChI is InChI=1S/C13H21NO/c1-4-15-13-7-5-12(6-8-13)9-11(2)10-14-3/h5-8,11,14H,4,9-10H2,1-3H3. The van der Waals surface area contributed by atoms with Crippen molar-refractivity contribution in [1.29, 1.82) is 0 Å². The molecule has 0 fully saturated rings. The Labute approximate surface area is 92.6 Å². The molecule has 0 aromatic heterocycles. The van der Waals surface area contributed by atoms with Crippen LogP contribution in [-0.4, -0.2) is 20.2 Å². The maximum atomic E-state index is 5.40. The number of benzene rings is 1. The molecule has 1 unspecified atom stereocenters. The molecular weight excluding hydrogens is 186 g/mol. The van der Waals surface area contributed by atoms with Crippen LogP contribution in [0.1, 0.15) is 19.4 Å². The SMILES string of the molecule is CCOc1ccc(CC(C)CNC)cc1. The highest BCUT2D eigenvalue weighted by atomic mass is 16.5. The van der Waals surface area contributed by atoms with Crippen LogP contribution in [0.5, 0.6) is 5.75 Å². The topological polar surface area (TPSA) is 21.3 Å². The van der Waals surface area contributed by atoms with Gasteiger partial charge in [-0.2, -0.15) is 0 Å². The molecule has 1 aromatic carbocycles. The van der Waals surface area contributed by atoms with Crippen LogP contribution in [0.4, 0.5) is 0 Å². The average molecular weight is 207 g/mol. The van der Waals surface area contributed by atoms with Gasteiger partial charge in [0.15, 0.2) is 0 Å². The average Bonchev–Trinajstić information content (AvgIpc) is 2.22. The third-order valence-electron chi connectivity index (χ3n) is 2.37. The summed E-state index contributed by atoms with van der Waals surface area (Å²) in [5.41, 5.74) is 1.38. The van der Waals surface area contributed by atoms with Gasteiger partial charge in [0.2, 0.25) is 0 Å². The Hall–Kier alpha value is -1.02. The minimum atomic E-state index is 0.674. The highest BCUT2D eigenvalue weighted by Gasteiger charge is 2.02. The van der Waals surface area contributed by atoms with Crippen molar-refractivity contribution < 1.29 is 4.74 Å². The lowest BCUT2D eigenvalue weighted by molar-refractivity contribution is 0.340.